The van der Waals surface area contributed by atoms with E-state index in [0.717, 1.165) is 0 Å². The zero-order valence-corrected chi connectivity index (χ0v) is 12.0. The summed E-state index contributed by atoms with van der Waals surface area (Å²) in [5.41, 5.74) is 1.49. The summed E-state index contributed by atoms with van der Waals surface area (Å²) < 4.78 is 1.33. The molecule has 2 heteroatoms. The molecule has 0 saturated heterocycles. The standard InChI is InChI=1S/C13H21BrS/c1-2-3-4-5-6-7-8-9-12-10-11-15-13(12)14/h10-11H,2-9H2,1H3. The van der Waals surface area contributed by atoms with Crippen LogP contribution >= 0.6 is 27.3 Å². The van der Waals surface area contributed by atoms with E-state index in [0.29, 0.717) is 0 Å². The van der Waals surface area contributed by atoms with E-state index in [4.69, 9.17) is 0 Å². The fourth-order valence-electron chi connectivity index (χ4n) is 1.77. The van der Waals surface area contributed by atoms with Crippen molar-refractivity contribution in [3.8, 4) is 0 Å². The predicted molar refractivity (Wildman–Crippen MR) is 73.7 cm³/mol. The molecule has 0 bridgehead atoms. The lowest BCUT2D eigenvalue weighted by atomic mass is 10.1. The Morgan fingerprint density at radius 3 is 2.33 bits per heavy atom. The summed E-state index contributed by atoms with van der Waals surface area (Å²) in [4.78, 5) is 0. The third kappa shape index (κ3) is 5.72. The van der Waals surface area contributed by atoms with E-state index in [1.807, 2.05) is 0 Å². The zero-order valence-electron chi connectivity index (χ0n) is 9.60. The van der Waals surface area contributed by atoms with E-state index in [-0.39, 0.29) is 0 Å². The number of hydrogen-bond donors (Lipinski definition) is 0. The van der Waals surface area contributed by atoms with Gasteiger partial charge >= 0.3 is 0 Å². The van der Waals surface area contributed by atoms with Crippen LogP contribution in [-0.4, -0.2) is 0 Å². The van der Waals surface area contributed by atoms with Gasteiger partial charge in [0.15, 0.2) is 0 Å². The quantitative estimate of drug-likeness (QED) is 0.530. The summed E-state index contributed by atoms with van der Waals surface area (Å²) >= 11 is 5.38. The fourth-order valence-corrected chi connectivity index (χ4v) is 3.10. The molecule has 1 aromatic rings. The molecule has 1 heterocycles. The molecule has 0 nitrogen and oxygen atoms in total. The minimum absolute atomic E-state index is 1.25. The topological polar surface area (TPSA) is 0 Å². The van der Waals surface area contributed by atoms with Gasteiger partial charge in [-0.15, -0.1) is 11.3 Å². The molecular formula is C13H21BrS. The first-order valence-electron chi connectivity index (χ1n) is 6.06. The summed E-state index contributed by atoms with van der Waals surface area (Å²) in [5.74, 6) is 0. The maximum Gasteiger partial charge on any atom is 0.0730 e. The van der Waals surface area contributed by atoms with Crippen LogP contribution < -0.4 is 0 Å². The van der Waals surface area contributed by atoms with Crippen molar-refractivity contribution in [3.63, 3.8) is 0 Å². The molecule has 0 amide bonds. The van der Waals surface area contributed by atoms with Gasteiger partial charge in [0.25, 0.3) is 0 Å². The predicted octanol–water partition coefficient (Wildman–Crippen LogP) is 5.80. The van der Waals surface area contributed by atoms with Gasteiger partial charge in [0.1, 0.15) is 0 Å². The Hall–Kier alpha value is 0.180. The van der Waals surface area contributed by atoms with Crippen molar-refractivity contribution in [2.24, 2.45) is 0 Å². The first-order valence-corrected chi connectivity index (χ1v) is 7.73. The minimum Gasteiger partial charge on any atom is -0.137 e. The Morgan fingerprint density at radius 2 is 1.73 bits per heavy atom. The van der Waals surface area contributed by atoms with Crippen LogP contribution in [-0.2, 0) is 6.42 Å². The normalized spacial score (nSPS) is 10.8. The maximum absolute atomic E-state index is 3.59. The largest absolute Gasteiger partial charge is 0.137 e. The Bertz CT molecular complexity index is 255. The van der Waals surface area contributed by atoms with Gasteiger partial charge in [0.2, 0.25) is 0 Å². The van der Waals surface area contributed by atoms with E-state index in [2.05, 4.69) is 34.3 Å². The maximum atomic E-state index is 3.59. The van der Waals surface area contributed by atoms with Gasteiger partial charge in [-0.05, 0) is 45.8 Å². The SMILES string of the molecule is CCCCCCCCCc1ccsc1Br. The first kappa shape index (κ1) is 13.2. The second-order valence-electron chi connectivity index (χ2n) is 4.09. The van der Waals surface area contributed by atoms with Gasteiger partial charge < -0.3 is 0 Å². The minimum atomic E-state index is 1.25. The van der Waals surface area contributed by atoms with E-state index in [1.54, 1.807) is 11.3 Å². The van der Waals surface area contributed by atoms with Gasteiger partial charge in [-0.1, -0.05) is 45.4 Å². The van der Waals surface area contributed by atoms with Crippen molar-refractivity contribution in [1.82, 2.24) is 0 Å². The van der Waals surface area contributed by atoms with E-state index in [9.17, 15) is 0 Å². The Labute approximate surface area is 106 Å². The smallest absolute Gasteiger partial charge is 0.0730 e. The van der Waals surface area contributed by atoms with Crippen LogP contribution in [0.2, 0.25) is 0 Å². The average molecular weight is 289 g/mol. The number of rotatable bonds is 8. The third-order valence-electron chi connectivity index (χ3n) is 2.74. The highest BCUT2D eigenvalue weighted by atomic mass is 79.9. The molecule has 1 rings (SSSR count). The van der Waals surface area contributed by atoms with Crippen LogP contribution in [0, 0.1) is 0 Å². The van der Waals surface area contributed by atoms with Crippen molar-refractivity contribution in [3.05, 3.63) is 20.8 Å². The molecule has 86 valence electrons. The van der Waals surface area contributed by atoms with Gasteiger partial charge in [-0.3, -0.25) is 0 Å². The van der Waals surface area contributed by atoms with Gasteiger partial charge in [0.05, 0.1) is 3.79 Å². The van der Waals surface area contributed by atoms with Crippen LogP contribution in [0.5, 0.6) is 0 Å². The second-order valence-corrected chi connectivity index (χ2v) is 6.32. The van der Waals surface area contributed by atoms with Crippen LogP contribution in [0.3, 0.4) is 0 Å². The Kier molecular flexibility index (Phi) is 7.37. The molecule has 0 radical (unpaired) electrons. The second kappa shape index (κ2) is 8.35. The molecule has 0 saturated carbocycles. The molecule has 15 heavy (non-hydrogen) atoms. The number of aryl methyl sites for hydroxylation is 1. The molecular weight excluding hydrogens is 268 g/mol. The fraction of sp³-hybridized carbons (Fsp3) is 0.692. The zero-order chi connectivity index (χ0) is 10.9. The first-order chi connectivity index (χ1) is 7.34. The Morgan fingerprint density at radius 1 is 1.07 bits per heavy atom. The monoisotopic (exact) mass is 288 g/mol. The van der Waals surface area contributed by atoms with E-state index < -0.39 is 0 Å². The molecule has 1 aromatic heterocycles. The van der Waals surface area contributed by atoms with Crippen molar-refractivity contribution in [1.29, 1.82) is 0 Å². The van der Waals surface area contributed by atoms with Crippen molar-refractivity contribution < 1.29 is 0 Å². The van der Waals surface area contributed by atoms with Crippen LogP contribution in [0.15, 0.2) is 15.2 Å². The molecule has 0 aliphatic carbocycles. The summed E-state index contributed by atoms with van der Waals surface area (Å²) in [5, 5.41) is 2.17. The highest BCUT2D eigenvalue weighted by molar-refractivity contribution is 9.11. The molecule has 0 atom stereocenters. The molecule has 0 aliphatic heterocycles. The molecule has 0 aliphatic rings. The van der Waals surface area contributed by atoms with Crippen molar-refractivity contribution in [2.75, 3.05) is 0 Å². The number of hydrogen-bond acceptors (Lipinski definition) is 1. The highest BCUT2D eigenvalue weighted by Crippen LogP contribution is 2.25. The van der Waals surface area contributed by atoms with E-state index >= 15 is 0 Å². The lowest BCUT2D eigenvalue weighted by Crippen LogP contribution is -1.84. The third-order valence-corrected chi connectivity index (χ3v) is 4.55. The average Bonchev–Trinajstić information content (AvgIpc) is 2.63. The van der Waals surface area contributed by atoms with Crippen molar-refractivity contribution >= 4 is 27.3 Å². The molecule has 0 fully saturated rings. The summed E-state index contributed by atoms with van der Waals surface area (Å²) in [6, 6.07) is 2.24. The lowest BCUT2D eigenvalue weighted by Gasteiger charge is -2.01. The van der Waals surface area contributed by atoms with Crippen molar-refractivity contribution in [2.45, 2.75) is 58.3 Å². The number of thiophene rings is 1. The molecule has 0 N–H and O–H groups in total. The Balaban J connectivity index is 1.96. The van der Waals surface area contributed by atoms with Crippen LogP contribution in [0.4, 0.5) is 0 Å². The molecule has 0 aromatic carbocycles. The number of unbranched alkanes of at least 4 members (excludes halogenated alkanes) is 6. The lowest BCUT2D eigenvalue weighted by molar-refractivity contribution is 0.589. The van der Waals surface area contributed by atoms with Gasteiger partial charge in [-0.2, -0.15) is 0 Å². The van der Waals surface area contributed by atoms with Crippen LogP contribution in [0.25, 0.3) is 0 Å². The highest BCUT2D eigenvalue weighted by Gasteiger charge is 2.00. The molecule has 0 unspecified atom stereocenters. The number of halogens is 1. The van der Waals surface area contributed by atoms with Gasteiger partial charge in [0, 0.05) is 0 Å². The molecule has 0 spiro atoms. The summed E-state index contributed by atoms with van der Waals surface area (Å²) in [6.07, 6.45) is 11.0. The summed E-state index contributed by atoms with van der Waals surface area (Å²) in [6.45, 7) is 2.27. The van der Waals surface area contributed by atoms with Crippen LogP contribution in [0.1, 0.15) is 57.4 Å². The van der Waals surface area contributed by atoms with Gasteiger partial charge in [-0.25, -0.2) is 0 Å². The van der Waals surface area contributed by atoms with E-state index in [1.165, 1.54) is 60.7 Å². The summed E-state index contributed by atoms with van der Waals surface area (Å²) in [7, 11) is 0.